The molecule has 0 aromatic heterocycles. The predicted octanol–water partition coefficient (Wildman–Crippen LogP) is 5.20. The Hall–Kier alpha value is -0.820. The third-order valence-corrected chi connectivity index (χ3v) is 4.86. The van der Waals surface area contributed by atoms with E-state index in [0.29, 0.717) is 0 Å². The van der Waals surface area contributed by atoms with E-state index in [1.165, 1.54) is 57.1 Å². The summed E-state index contributed by atoms with van der Waals surface area (Å²) in [6.45, 7) is 8.04. The van der Waals surface area contributed by atoms with Crippen molar-refractivity contribution in [2.75, 3.05) is 6.54 Å². The van der Waals surface area contributed by atoms with Crippen LogP contribution in [0.3, 0.4) is 0 Å². The zero-order valence-electron chi connectivity index (χ0n) is 14.2. The first kappa shape index (κ1) is 16.5. The van der Waals surface area contributed by atoms with E-state index < -0.39 is 0 Å². The number of rotatable bonds is 5. The van der Waals surface area contributed by atoms with Crippen LogP contribution in [0.1, 0.15) is 64.9 Å². The molecule has 0 bridgehead atoms. The molecule has 21 heavy (non-hydrogen) atoms. The first-order valence-electron chi connectivity index (χ1n) is 8.83. The van der Waals surface area contributed by atoms with E-state index in [1.807, 2.05) is 0 Å². The third-order valence-electron chi connectivity index (χ3n) is 4.86. The van der Waals surface area contributed by atoms with Crippen LogP contribution in [0.2, 0.25) is 0 Å². The molecule has 2 atom stereocenters. The van der Waals surface area contributed by atoms with E-state index >= 15 is 0 Å². The van der Waals surface area contributed by atoms with Crippen molar-refractivity contribution in [1.29, 1.82) is 0 Å². The Labute approximate surface area is 131 Å². The molecular weight excluding hydrogens is 254 g/mol. The van der Waals surface area contributed by atoms with Crippen LogP contribution >= 0.6 is 0 Å². The second-order valence-corrected chi connectivity index (χ2v) is 7.81. The van der Waals surface area contributed by atoms with Gasteiger partial charge in [0.1, 0.15) is 0 Å². The summed E-state index contributed by atoms with van der Waals surface area (Å²) in [5.41, 5.74) is 1.75. The first-order valence-corrected chi connectivity index (χ1v) is 8.83. The highest BCUT2D eigenvalue weighted by molar-refractivity contribution is 5.14. The maximum Gasteiger partial charge on any atom is 0.00966 e. The van der Waals surface area contributed by atoms with Crippen LogP contribution < -0.4 is 5.32 Å². The largest absolute Gasteiger partial charge is 0.312 e. The van der Waals surface area contributed by atoms with Gasteiger partial charge in [0.05, 0.1) is 0 Å². The van der Waals surface area contributed by atoms with Crippen LogP contribution in [-0.4, -0.2) is 12.1 Å². The van der Waals surface area contributed by atoms with Gasteiger partial charge in [0, 0.05) is 5.54 Å². The SMILES string of the molecule is CC(C)(C)NCC1CCCCCC1CCc1ccccc1. The smallest absolute Gasteiger partial charge is 0.00966 e. The molecular formula is C20H33N. The van der Waals surface area contributed by atoms with E-state index in [2.05, 4.69) is 56.4 Å². The van der Waals surface area contributed by atoms with Crippen LogP contribution in [0, 0.1) is 11.8 Å². The lowest BCUT2D eigenvalue weighted by molar-refractivity contribution is 0.259. The van der Waals surface area contributed by atoms with Crippen LogP contribution in [0.25, 0.3) is 0 Å². The summed E-state index contributed by atoms with van der Waals surface area (Å²) in [6.07, 6.45) is 9.77. The minimum atomic E-state index is 0.246. The maximum absolute atomic E-state index is 3.75. The summed E-state index contributed by atoms with van der Waals surface area (Å²) in [6, 6.07) is 11.0. The quantitative estimate of drug-likeness (QED) is 0.734. The summed E-state index contributed by atoms with van der Waals surface area (Å²) in [5, 5.41) is 3.75. The molecule has 1 aliphatic rings. The average molecular weight is 287 g/mol. The van der Waals surface area contributed by atoms with E-state index in [1.54, 1.807) is 0 Å². The van der Waals surface area contributed by atoms with Crippen molar-refractivity contribution < 1.29 is 0 Å². The molecule has 1 aromatic rings. The van der Waals surface area contributed by atoms with Crippen molar-refractivity contribution in [3.8, 4) is 0 Å². The minimum absolute atomic E-state index is 0.246. The lowest BCUT2D eigenvalue weighted by Crippen LogP contribution is -2.40. The van der Waals surface area contributed by atoms with Gasteiger partial charge in [-0.3, -0.25) is 0 Å². The van der Waals surface area contributed by atoms with Gasteiger partial charge in [0.2, 0.25) is 0 Å². The van der Waals surface area contributed by atoms with Gasteiger partial charge in [-0.15, -0.1) is 0 Å². The Morgan fingerprint density at radius 3 is 2.29 bits per heavy atom. The van der Waals surface area contributed by atoms with Gasteiger partial charge >= 0.3 is 0 Å². The zero-order valence-corrected chi connectivity index (χ0v) is 14.2. The Balaban J connectivity index is 1.89. The first-order chi connectivity index (χ1) is 10.0. The minimum Gasteiger partial charge on any atom is -0.312 e. The van der Waals surface area contributed by atoms with E-state index in [4.69, 9.17) is 0 Å². The molecule has 2 rings (SSSR count). The summed E-state index contributed by atoms with van der Waals surface area (Å²) in [4.78, 5) is 0. The molecule has 1 N–H and O–H groups in total. The topological polar surface area (TPSA) is 12.0 Å². The van der Waals surface area contributed by atoms with Crippen molar-refractivity contribution in [3.05, 3.63) is 35.9 Å². The monoisotopic (exact) mass is 287 g/mol. The highest BCUT2D eigenvalue weighted by Crippen LogP contribution is 2.32. The molecule has 1 fully saturated rings. The van der Waals surface area contributed by atoms with Crippen LogP contribution in [0.4, 0.5) is 0 Å². The molecule has 0 amide bonds. The molecule has 118 valence electrons. The van der Waals surface area contributed by atoms with E-state index in [-0.39, 0.29) is 5.54 Å². The van der Waals surface area contributed by atoms with E-state index in [0.717, 1.165) is 11.8 Å². The molecule has 1 heteroatoms. The number of benzene rings is 1. The molecule has 2 unspecified atom stereocenters. The average Bonchev–Trinajstić information content (AvgIpc) is 2.68. The second kappa shape index (κ2) is 7.98. The lowest BCUT2D eigenvalue weighted by Gasteiger charge is -2.30. The Morgan fingerprint density at radius 1 is 0.952 bits per heavy atom. The van der Waals surface area contributed by atoms with Gasteiger partial charge in [-0.25, -0.2) is 0 Å². The fourth-order valence-electron chi connectivity index (χ4n) is 3.54. The predicted molar refractivity (Wildman–Crippen MR) is 92.6 cm³/mol. The van der Waals surface area contributed by atoms with Crippen molar-refractivity contribution >= 4 is 0 Å². The van der Waals surface area contributed by atoms with Gasteiger partial charge in [-0.05, 0) is 64.0 Å². The van der Waals surface area contributed by atoms with Gasteiger partial charge in [-0.1, -0.05) is 56.0 Å². The van der Waals surface area contributed by atoms with Gasteiger partial charge in [0.25, 0.3) is 0 Å². The molecule has 0 radical (unpaired) electrons. The number of nitrogens with one attached hydrogen (secondary N) is 1. The Bertz CT molecular complexity index is 390. The molecule has 1 nitrogen and oxygen atoms in total. The van der Waals surface area contributed by atoms with Crippen molar-refractivity contribution in [2.45, 2.75) is 71.3 Å². The van der Waals surface area contributed by atoms with Crippen molar-refractivity contribution in [3.63, 3.8) is 0 Å². The Morgan fingerprint density at radius 2 is 1.62 bits per heavy atom. The molecule has 1 aromatic carbocycles. The number of hydrogen-bond donors (Lipinski definition) is 1. The molecule has 1 saturated carbocycles. The number of aryl methyl sites for hydroxylation is 1. The Kier molecular flexibility index (Phi) is 6.29. The maximum atomic E-state index is 3.75. The molecule has 0 spiro atoms. The van der Waals surface area contributed by atoms with Crippen LogP contribution in [0.15, 0.2) is 30.3 Å². The standard InChI is InChI=1S/C20H33N/c1-20(2,3)21-16-19-13-9-5-8-12-18(19)15-14-17-10-6-4-7-11-17/h4,6-7,10-11,18-19,21H,5,8-9,12-16H2,1-3H3. The second-order valence-electron chi connectivity index (χ2n) is 7.81. The third kappa shape index (κ3) is 6.22. The fraction of sp³-hybridized carbons (Fsp3) is 0.700. The van der Waals surface area contributed by atoms with Gasteiger partial charge in [0.15, 0.2) is 0 Å². The molecule has 0 saturated heterocycles. The van der Waals surface area contributed by atoms with Crippen molar-refractivity contribution in [2.24, 2.45) is 11.8 Å². The summed E-state index contributed by atoms with van der Waals surface area (Å²) in [7, 11) is 0. The molecule has 0 heterocycles. The molecule has 1 aliphatic carbocycles. The van der Waals surface area contributed by atoms with E-state index in [9.17, 15) is 0 Å². The van der Waals surface area contributed by atoms with Crippen LogP contribution in [0.5, 0.6) is 0 Å². The lowest BCUT2D eigenvalue weighted by atomic mass is 9.83. The van der Waals surface area contributed by atoms with Crippen LogP contribution in [-0.2, 0) is 6.42 Å². The van der Waals surface area contributed by atoms with Gasteiger partial charge < -0.3 is 5.32 Å². The fourth-order valence-corrected chi connectivity index (χ4v) is 3.54. The number of hydrogen-bond acceptors (Lipinski definition) is 1. The highest BCUT2D eigenvalue weighted by Gasteiger charge is 2.24. The summed E-state index contributed by atoms with van der Waals surface area (Å²) < 4.78 is 0. The molecule has 0 aliphatic heterocycles. The zero-order chi connectivity index (χ0) is 15.1. The highest BCUT2D eigenvalue weighted by atomic mass is 14.9. The summed E-state index contributed by atoms with van der Waals surface area (Å²) in [5.74, 6) is 1.78. The normalized spacial score (nSPS) is 23.8. The summed E-state index contributed by atoms with van der Waals surface area (Å²) >= 11 is 0. The van der Waals surface area contributed by atoms with Gasteiger partial charge in [-0.2, -0.15) is 0 Å². The van der Waals surface area contributed by atoms with Crippen molar-refractivity contribution in [1.82, 2.24) is 5.32 Å².